The Hall–Kier alpha value is -0.530. The summed E-state index contributed by atoms with van der Waals surface area (Å²) in [5.41, 5.74) is 0. The Morgan fingerprint density at radius 3 is 1.45 bits per heavy atom. The maximum Gasteiger partial charge on any atom is 0.306 e. The van der Waals surface area contributed by atoms with E-state index in [1.165, 1.54) is 77.0 Å². The SMILES string of the molecule is CCCCCCCCC(CCCCCCCC)C(C)C(=O)O. The number of aliphatic carboxylic acids is 1. The summed E-state index contributed by atoms with van der Waals surface area (Å²) in [7, 11) is 0. The van der Waals surface area contributed by atoms with Gasteiger partial charge < -0.3 is 5.11 Å². The van der Waals surface area contributed by atoms with Crippen LogP contribution in [0.25, 0.3) is 0 Å². The standard InChI is InChI=1S/C20H40O2/c1-4-6-8-10-12-14-16-19(18(3)20(21)22)17-15-13-11-9-7-5-2/h18-19H,4-17H2,1-3H3,(H,21,22). The van der Waals surface area contributed by atoms with E-state index in [0.717, 1.165) is 12.8 Å². The first-order valence-corrected chi connectivity index (χ1v) is 9.86. The first-order chi connectivity index (χ1) is 10.6. The highest BCUT2D eigenvalue weighted by molar-refractivity contribution is 5.69. The van der Waals surface area contributed by atoms with Crippen LogP contribution in [0.5, 0.6) is 0 Å². The van der Waals surface area contributed by atoms with Crippen molar-refractivity contribution in [1.29, 1.82) is 0 Å². The molecule has 0 saturated carbocycles. The van der Waals surface area contributed by atoms with Crippen molar-refractivity contribution in [2.24, 2.45) is 11.8 Å². The molecule has 0 radical (unpaired) electrons. The van der Waals surface area contributed by atoms with Crippen LogP contribution in [-0.2, 0) is 4.79 Å². The second kappa shape index (κ2) is 15.4. The summed E-state index contributed by atoms with van der Waals surface area (Å²) in [5, 5.41) is 9.30. The molecule has 0 aliphatic heterocycles. The first-order valence-electron chi connectivity index (χ1n) is 9.86. The second-order valence-corrected chi connectivity index (χ2v) is 7.00. The lowest BCUT2D eigenvalue weighted by atomic mass is 9.84. The fourth-order valence-corrected chi connectivity index (χ4v) is 3.22. The lowest BCUT2D eigenvalue weighted by Crippen LogP contribution is -2.20. The van der Waals surface area contributed by atoms with Crippen LogP contribution < -0.4 is 0 Å². The molecule has 0 heterocycles. The normalized spacial score (nSPS) is 12.7. The van der Waals surface area contributed by atoms with E-state index in [9.17, 15) is 9.90 Å². The van der Waals surface area contributed by atoms with Crippen molar-refractivity contribution in [3.8, 4) is 0 Å². The summed E-state index contributed by atoms with van der Waals surface area (Å²) < 4.78 is 0. The minimum Gasteiger partial charge on any atom is -0.481 e. The summed E-state index contributed by atoms with van der Waals surface area (Å²) in [6.07, 6.45) is 17.8. The minimum atomic E-state index is -0.609. The van der Waals surface area contributed by atoms with Crippen LogP contribution in [0.4, 0.5) is 0 Å². The molecule has 2 nitrogen and oxygen atoms in total. The van der Waals surface area contributed by atoms with E-state index >= 15 is 0 Å². The summed E-state index contributed by atoms with van der Waals surface area (Å²) in [5.74, 6) is -0.400. The highest BCUT2D eigenvalue weighted by Gasteiger charge is 2.22. The predicted molar refractivity (Wildman–Crippen MR) is 96.3 cm³/mol. The Morgan fingerprint density at radius 2 is 1.09 bits per heavy atom. The van der Waals surface area contributed by atoms with Gasteiger partial charge in [-0.25, -0.2) is 0 Å². The summed E-state index contributed by atoms with van der Waals surface area (Å²) in [6.45, 7) is 6.39. The van der Waals surface area contributed by atoms with Crippen LogP contribution in [0.15, 0.2) is 0 Å². The molecule has 0 saturated heterocycles. The number of hydrogen-bond donors (Lipinski definition) is 1. The fraction of sp³-hybridized carbons (Fsp3) is 0.950. The van der Waals surface area contributed by atoms with Gasteiger partial charge in [0.2, 0.25) is 0 Å². The van der Waals surface area contributed by atoms with Gasteiger partial charge in [0.05, 0.1) is 5.92 Å². The molecule has 0 aliphatic carbocycles. The zero-order chi connectivity index (χ0) is 16.6. The summed E-state index contributed by atoms with van der Waals surface area (Å²) >= 11 is 0. The average molecular weight is 313 g/mol. The zero-order valence-electron chi connectivity index (χ0n) is 15.4. The zero-order valence-corrected chi connectivity index (χ0v) is 15.4. The Kier molecular flexibility index (Phi) is 15.0. The molecule has 0 spiro atoms. The van der Waals surface area contributed by atoms with Gasteiger partial charge >= 0.3 is 5.97 Å². The molecule has 0 amide bonds. The average Bonchev–Trinajstić information content (AvgIpc) is 2.51. The minimum absolute atomic E-state index is 0.175. The molecule has 22 heavy (non-hydrogen) atoms. The van der Waals surface area contributed by atoms with E-state index in [2.05, 4.69) is 13.8 Å². The summed E-state index contributed by atoms with van der Waals surface area (Å²) in [6, 6.07) is 0. The van der Waals surface area contributed by atoms with E-state index in [4.69, 9.17) is 0 Å². The fourth-order valence-electron chi connectivity index (χ4n) is 3.22. The van der Waals surface area contributed by atoms with Crippen LogP contribution in [0, 0.1) is 11.8 Å². The highest BCUT2D eigenvalue weighted by atomic mass is 16.4. The molecule has 0 aliphatic rings. The topological polar surface area (TPSA) is 37.3 Å². The van der Waals surface area contributed by atoms with Crippen LogP contribution in [-0.4, -0.2) is 11.1 Å². The maximum absolute atomic E-state index is 11.3. The van der Waals surface area contributed by atoms with Crippen LogP contribution in [0.3, 0.4) is 0 Å². The number of carboxylic acids is 1. The number of carbonyl (C=O) groups is 1. The molecule has 132 valence electrons. The van der Waals surface area contributed by atoms with Gasteiger partial charge in [-0.2, -0.15) is 0 Å². The van der Waals surface area contributed by atoms with E-state index in [1.807, 2.05) is 6.92 Å². The van der Waals surface area contributed by atoms with Gasteiger partial charge in [0.25, 0.3) is 0 Å². The molecule has 1 unspecified atom stereocenters. The molecule has 0 aromatic rings. The van der Waals surface area contributed by atoms with Gasteiger partial charge in [0.15, 0.2) is 0 Å². The summed E-state index contributed by atoms with van der Waals surface area (Å²) in [4.78, 5) is 11.3. The van der Waals surface area contributed by atoms with Gasteiger partial charge in [0, 0.05) is 0 Å². The van der Waals surface area contributed by atoms with E-state index in [0.29, 0.717) is 5.92 Å². The van der Waals surface area contributed by atoms with E-state index in [1.54, 1.807) is 0 Å². The van der Waals surface area contributed by atoms with Crippen LogP contribution >= 0.6 is 0 Å². The van der Waals surface area contributed by atoms with Crippen molar-refractivity contribution in [1.82, 2.24) is 0 Å². The number of carboxylic acid groups (broad SMARTS) is 1. The molecule has 0 rings (SSSR count). The molecular formula is C20H40O2. The first kappa shape index (κ1) is 21.5. The molecule has 0 aromatic carbocycles. The Balaban J connectivity index is 3.88. The molecule has 0 bridgehead atoms. The van der Waals surface area contributed by atoms with Gasteiger partial charge in [-0.3, -0.25) is 4.79 Å². The third kappa shape index (κ3) is 12.1. The second-order valence-electron chi connectivity index (χ2n) is 7.00. The predicted octanol–water partition coefficient (Wildman–Crippen LogP) is 6.82. The lowest BCUT2D eigenvalue weighted by molar-refractivity contribution is -0.143. The Bertz CT molecular complexity index is 234. The quantitative estimate of drug-likeness (QED) is 0.317. The molecule has 1 N–H and O–H groups in total. The molecule has 1 atom stereocenters. The monoisotopic (exact) mass is 312 g/mol. The van der Waals surface area contributed by atoms with Gasteiger partial charge in [-0.1, -0.05) is 97.8 Å². The van der Waals surface area contributed by atoms with Crippen molar-refractivity contribution in [3.05, 3.63) is 0 Å². The van der Waals surface area contributed by atoms with Crippen molar-refractivity contribution in [2.75, 3.05) is 0 Å². The van der Waals surface area contributed by atoms with Crippen molar-refractivity contribution >= 4 is 5.97 Å². The highest BCUT2D eigenvalue weighted by Crippen LogP contribution is 2.26. The van der Waals surface area contributed by atoms with Crippen molar-refractivity contribution in [2.45, 2.75) is 111 Å². The van der Waals surface area contributed by atoms with Crippen LogP contribution in [0.1, 0.15) is 111 Å². The lowest BCUT2D eigenvalue weighted by Gasteiger charge is -2.21. The Labute approximate surface area is 139 Å². The van der Waals surface area contributed by atoms with Gasteiger partial charge in [-0.05, 0) is 18.8 Å². The molecular weight excluding hydrogens is 272 g/mol. The smallest absolute Gasteiger partial charge is 0.306 e. The van der Waals surface area contributed by atoms with Crippen molar-refractivity contribution < 1.29 is 9.90 Å². The van der Waals surface area contributed by atoms with Gasteiger partial charge in [0.1, 0.15) is 0 Å². The van der Waals surface area contributed by atoms with Gasteiger partial charge in [-0.15, -0.1) is 0 Å². The number of unbranched alkanes of at least 4 members (excludes halogenated alkanes) is 10. The van der Waals surface area contributed by atoms with E-state index in [-0.39, 0.29) is 5.92 Å². The number of hydrogen-bond acceptors (Lipinski definition) is 1. The molecule has 0 fully saturated rings. The van der Waals surface area contributed by atoms with Crippen LogP contribution in [0.2, 0.25) is 0 Å². The number of rotatable bonds is 16. The molecule has 2 heteroatoms. The van der Waals surface area contributed by atoms with Crippen molar-refractivity contribution in [3.63, 3.8) is 0 Å². The maximum atomic E-state index is 11.3. The third-order valence-corrected chi connectivity index (χ3v) is 4.95. The van der Waals surface area contributed by atoms with E-state index < -0.39 is 5.97 Å². The third-order valence-electron chi connectivity index (χ3n) is 4.95. The Morgan fingerprint density at radius 1 is 0.727 bits per heavy atom. The molecule has 0 aromatic heterocycles. The largest absolute Gasteiger partial charge is 0.481 e.